The van der Waals surface area contributed by atoms with Gasteiger partial charge in [0.15, 0.2) is 5.16 Å². The van der Waals surface area contributed by atoms with Crippen molar-refractivity contribution in [3.8, 4) is 6.07 Å². The molecule has 2 aliphatic carbocycles. The number of aromatic nitrogens is 3. The summed E-state index contributed by atoms with van der Waals surface area (Å²) in [5.41, 5.74) is 1.83. The van der Waals surface area contributed by atoms with Gasteiger partial charge in [0, 0.05) is 10.9 Å². The lowest BCUT2D eigenvalue weighted by Gasteiger charge is -2.24. The molecule has 29 heavy (non-hydrogen) atoms. The lowest BCUT2D eigenvalue weighted by atomic mass is 9.95. The number of fused-ring (bicyclic) bond motifs is 1. The highest BCUT2D eigenvalue weighted by Gasteiger charge is 2.23. The fourth-order valence-corrected chi connectivity index (χ4v) is 6.56. The van der Waals surface area contributed by atoms with Crippen molar-refractivity contribution in [2.45, 2.75) is 82.3 Å². The van der Waals surface area contributed by atoms with Crippen molar-refractivity contribution in [2.75, 3.05) is 11.1 Å². The van der Waals surface area contributed by atoms with Crippen molar-refractivity contribution in [2.24, 2.45) is 0 Å². The van der Waals surface area contributed by atoms with Crippen LogP contribution in [0.3, 0.4) is 0 Å². The van der Waals surface area contributed by atoms with E-state index in [1.165, 1.54) is 42.3 Å². The molecule has 0 atom stereocenters. The van der Waals surface area contributed by atoms with Crippen molar-refractivity contribution in [1.29, 1.82) is 5.26 Å². The zero-order chi connectivity index (χ0) is 20.2. The molecule has 2 aromatic rings. The second-order valence-corrected chi connectivity index (χ2v) is 9.96. The maximum atomic E-state index is 12.6. The summed E-state index contributed by atoms with van der Waals surface area (Å²) in [6, 6.07) is 2.78. The predicted octanol–water partition coefficient (Wildman–Crippen LogP) is 5.02. The molecule has 0 aliphatic heterocycles. The number of rotatable bonds is 5. The quantitative estimate of drug-likeness (QED) is 0.533. The molecule has 154 valence electrons. The molecule has 2 heterocycles. The summed E-state index contributed by atoms with van der Waals surface area (Å²) in [5.74, 6) is 1.12. The number of carbonyl (C=O) groups is 1. The summed E-state index contributed by atoms with van der Waals surface area (Å²) in [4.78, 5) is 13.9. The molecule has 2 aromatic heterocycles. The number of nitriles is 1. The second kappa shape index (κ2) is 9.31. The molecule has 0 unspecified atom stereocenters. The highest BCUT2D eigenvalue weighted by atomic mass is 32.2. The zero-order valence-corrected chi connectivity index (χ0v) is 18.5. The lowest BCUT2D eigenvalue weighted by Crippen LogP contribution is -2.17. The molecule has 1 fully saturated rings. The number of nitrogens with one attached hydrogen (secondary N) is 1. The Labute approximate surface area is 180 Å². The molecule has 0 radical (unpaired) electrons. The third-order valence-electron chi connectivity index (χ3n) is 5.89. The molecule has 0 saturated heterocycles. The van der Waals surface area contributed by atoms with Gasteiger partial charge in [-0.25, -0.2) is 0 Å². The fraction of sp³-hybridized carbons (Fsp3) is 0.619. The lowest BCUT2D eigenvalue weighted by molar-refractivity contribution is -0.113. The minimum atomic E-state index is -0.0845. The summed E-state index contributed by atoms with van der Waals surface area (Å²) >= 11 is 3.02. The Balaban J connectivity index is 1.42. The zero-order valence-electron chi connectivity index (χ0n) is 16.9. The van der Waals surface area contributed by atoms with Crippen molar-refractivity contribution < 1.29 is 4.79 Å². The van der Waals surface area contributed by atoms with Gasteiger partial charge in [-0.05, 0) is 51.0 Å². The van der Waals surface area contributed by atoms with Gasteiger partial charge in [-0.2, -0.15) is 5.26 Å². The Hall–Kier alpha value is -1.85. The SMILES string of the molecule is Cc1nnc(SCC(=O)Nc2sc3c(c2C#N)CCCCC3)n1C1CCCCC1. The molecule has 1 saturated carbocycles. The summed E-state index contributed by atoms with van der Waals surface area (Å²) in [5, 5.41) is 22.7. The van der Waals surface area contributed by atoms with Crippen molar-refractivity contribution in [3.05, 3.63) is 21.8 Å². The Morgan fingerprint density at radius 1 is 1.21 bits per heavy atom. The van der Waals surface area contributed by atoms with Crippen LogP contribution in [0.15, 0.2) is 5.16 Å². The van der Waals surface area contributed by atoms with Crippen LogP contribution >= 0.6 is 23.1 Å². The van der Waals surface area contributed by atoms with Crippen molar-refractivity contribution in [1.82, 2.24) is 14.8 Å². The van der Waals surface area contributed by atoms with Gasteiger partial charge in [-0.15, -0.1) is 21.5 Å². The topological polar surface area (TPSA) is 83.6 Å². The molecule has 4 rings (SSSR count). The number of hydrogen-bond acceptors (Lipinski definition) is 6. The van der Waals surface area contributed by atoms with E-state index in [1.807, 2.05) is 6.92 Å². The van der Waals surface area contributed by atoms with E-state index in [2.05, 4.69) is 26.2 Å². The minimum absolute atomic E-state index is 0.0845. The van der Waals surface area contributed by atoms with Crippen LogP contribution in [0.1, 0.15) is 79.2 Å². The third kappa shape index (κ3) is 4.51. The van der Waals surface area contributed by atoms with E-state index in [-0.39, 0.29) is 11.7 Å². The van der Waals surface area contributed by atoms with Crippen LogP contribution in [0, 0.1) is 18.3 Å². The Morgan fingerprint density at radius 3 is 2.76 bits per heavy atom. The van der Waals surface area contributed by atoms with Crippen LogP contribution in [0.25, 0.3) is 0 Å². The number of carbonyl (C=O) groups excluding carboxylic acids is 1. The first kappa shape index (κ1) is 20.4. The van der Waals surface area contributed by atoms with Gasteiger partial charge in [0.05, 0.1) is 11.3 Å². The van der Waals surface area contributed by atoms with Gasteiger partial charge >= 0.3 is 0 Å². The number of aryl methyl sites for hydroxylation is 2. The average molecular weight is 430 g/mol. The molecule has 0 bridgehead atoms. The molecular formula is C21H27N5OS2. The van der Waals surface area contributed by atoms with Gasteiger partial charge in [-0.1, -0.05) is 37.4 Å². The molecule has 6 nitrogen and oxygen atoms in total. The summed E-state index contributed by atoms with van der Waals surface area (Å²) in [7, 11) is 0. The van der Waals surface area contributed by atoms with E-state index in [9.17, 15) is 10.1 Å². The molecule has 8 heteroatoms. The first-order valence-corrected chi connectivity index (χ1v) is 12.4. The Bertz CT molecular complexity index is 920. The maximum Gasteiger partial charge on any atom is 0.235 e. The fourth-order valence-electron chi connectivity index (χ4n) is 4.45. The predicted molar refractivity (Wildman–Crippen MR) is 117 cm³/mol. The number of amides is 1. The molecule has 1 amide bonds. The van der Waals surface area contributed by atoms with Gasteiger partial charge in [0.25, 0.3) is 0 Å². The maximum absolute atomic E-state index is 12.6. The number of hydrogen-bond donors (Lipinski definition) is 1. The highest BCUT2D eigenvalue weighted by molar-refractivity contribution is 7.99. The first-order valence-electron chi connectivity index (χ1n) is 10.6. The molecule has 1 N–H and O–H groups in total. The van der Waals surface area contributed by atoms with E-state index in [1.54, 1.807) is 11.3 Å². The van der Waals surface area contributed by atoms with Crippen LogP contribution in [0.4, 0.5) is 5.00 Å². The summed E-state index contributed by atoms with van der Waals surface area (Å²) in [6.07, 6.45) is 11.6. The second-order valence-electron chi connectivity index (χ2n) is 7.91. The monoisotopic (exact) mass is 429 g/mol. The van der Waals surface area contributed by atoms with E-state index in [4.69, 9.17) is 0 Å². The molecule has 0 aromatic carbocycles. The highest BCUT2D eigenvalue weighted by Crippen LogP contribution is 2.37. The third-order valence-corrected chi connectivity index (χ3v) is 8.04. The van der Waals surface area contributed by atoms with Crippen molar-refractivity contribution >= 4 is 34.0 Å². The summed E-state index contributed by atoms with van der Waals surface area (Å²) < 4.78 is 2.21. The summed E-state index contributed by atoms with van der Waals surface area (Å²) in [6.45, 7) is 1.99. The number of anilines is 1. The van der Waals surface area contributed by atoms with E-state index < -0.39 is 0 Å². The molecule has 0 spiro atoms. The number of thioether (sulfide) groups is 1. The smallest absolute Gasteiger partial charge is 0.235 e. The van der Waals surface area contributed by atoms with Crippen LogP contribution in [0.5, 0.6) is 0 Å². The average Bonchev–Trinajstić information content (AvgIpc) is 3.17. The minimum Gasteiger partial charge on any atom is -0.316 e. The van der Waals surface area contributed by atoms with Crippen LogP contribution in [-0.2, 0) is 17.6 Å². The number of nitrogens with zero attached hydrogens (tertiary/aromatic N) is 4. The van der Waals surface area contributed by atoms with Gasteiger partial charge in [0.2, 0.25) is 5.91 Å². The van der Waals surface area contributed by atoms with Gasteiger partial charge in [0.1, 0.15) is 16.9 Å². The van der Waals surface area contributed by atoms with Gasteiger partial charge in [-0.3, -0.25) is 4.79 Å². The van der Waals surface area contributed by atoms with Gasteiger partial charge < -0.3 is 9.88 Å². The number of thiophene rings is 1. The van der Waals surface area contributed by atoms with Crippen LogP contribution in [-0.4, -0.2) is 26.4 Å². The molecular weight excluding hydrogens is 402 g/mol. The Kier molecular flexibility index (Phi) is 6.56. The normalized spacial score (nSPS) is 17.4. The Morgan fingerprint density at radius 2 is 1.97 bits per heavy atom. The first-order chi connectivity index (χ1) is 14.2. The van der Waals surface area contributed by atoms with Crippen LogP contribution < -0.4 is 5.32 Å². The standard InChI is InChI=1S/C21H27N5OS2/c1-14-24-25-21(26(14)15-8-4-2-5-9-15)28-13-19(27)23-20-17(12-22)16-10-6-3-7-11-18(16)29-20/h15H,2-11,13H2,1H3,(H,23,27). The van der Waals surface area contributed by atoms with E-state index >= 15 is 0 Å². The van der Waals surface area contributed by atoms with Crippen molar-refractivity contribution in [3.63, 3.8) is 0 Å². The largest absolute Gasteiger partial charge is 0.316 e. The van der Waals surface area contributed by atoms with Crippen LogP contribution in [0.2, 0.25) is 0 Å². The molecule has 2 aliphatic rings. The van der Waals surface area contributed by atoms with E-state index in [0.29, 0.717) is 11.6 Å². The van der Waals surface area contributed by atoms with E-state index in [0.717, 1.165) is 60.1 Å².